The van der Waals surface area contributed by atoms with E-state index in [2.05, 4.69) is 37.2 Å². The molecule has 4 nitrogen and oxygen atoms in total. The normalized spacial score (nSPS) is 15.7. The summed E-state index contributed by atoms with van der Waals surface area (Å²) in [5.41, 5.74) is 4.25. The molecule has 0 spiro atoms. The van der Waals surface area contributed by atoms with Gasteiger partial charge < -0.3 is 9.30 Å². The van der Waals surface area contributed by atoms with E-state index in [1.54, 1.807) is 18.7 Å². The van der Waals surface area contributed by atoms with Crippen LogP contribution in [0.1, 0.15) is 24.0 Å². The second-order valence-electron chi connectivity index (χ2n) is 6.67. The van der Waals surface area contributed by atoms with Crippen molar-refractivity contribution in [3.63, 3.8) is 0 Å². The quantitative estimate of drug-likeness (QED) is 0.870. The number of hydrogen-bond acceptors (Lipinski definition) is 3. The molecule has 0 amide bonds. The van der Waals surface area contributed by atoms with Gasteiger partial charge in [0.1, 0.15) is 5.75 Å². The third-order valence-electron chi connectivity index (χ3n) is 4.98. The van der Waals surface area contributed by atoms with E-state index in [9.17, 15) is 4.79 Å². The van der Waals surface area contributed by atoms with E-state index in [0.717, 1.165) is 35.3 Å². The monoisotopic (exact) mass is 312 g/mol. The van der Waals surface area contributed by atoms with E-state index in [4.69, 9.17) is 4.74 Å². The molecule has 1 aliphatic carbocycles. The lowest BCUT2D eigenvalue weighted by Crippen LogP contribution is -2.28. The van der Waals surface area contributed by atoms with Gasteiger partial charge in [-0.15, -0.1) is 0 Å². The molecule has 0 radical (unpaired) electrons. The number of ether oxygens (including phenoxy) is 1. The average Bonchev–Trinajstić information content (AvgIpc) is 3.33. The van der Waals surface area contributed by atoms with E-state index in [-0.39, 0.29) is 11.1 Å². The molecule has 1 fully saturated rings. The fourth-order valence-electron chi connectivity index (χ4n) is 3.37. The van der Waals surface area contributed by atoms with Crippen LogP contribution >= 0.6 is 0 Å². The SMILES string of the molecule is COc1cc(-c2cc(C)c(=O)n(C)c2)ccc1C1(N(C)C)CC1. The molecule has 0 N–H and O–H groups in total. The van der Waals surface area contributed by atoms with Crippen molar-refractivity contribution in [2.45, 2.75) is 25.3 Å². The molecule has 1 aliphatic rings. The van der Waals surface area contributed by atoms with Crippen LogP contribution in [-0.2, 0) is 12.6 Å². The van der Waals surface area contributed by atoms with E-state index in [0.29, 0.717) is 0 Å². The van der Waals surface area contributed by atoms with Gasteiger partial charge >= 0.3 is 0 Å². The van der Waals surface area contributed by atoms with Crippen molar-refractivity contribution < 1.29 is 4.74 Å². The lowest BCUT2D eigenvalue weighted by Gasteiger charge is -2.26. The summed E-state index contributed by atoms with van der Waals surface area (Å²) >= 11 is 0. The Hall–Kier alpha value is -2.07. The van der Waals surface area contributed by atoms with Gasteiger partial charge in [-0.2, -0.15) is 0 Å². The minimum atomic E-state index is 0.0434. The van der Waals surface area contributed by atoms with Gasteiger partial charge in [0.2, 0.25) is 0 Å². The molecule has 3 rings (SSSR count). The summed E-state index contributed by atoms with van der Waals surface area (Å²) in [6.07, 6.45) is 4.20. The van der Waals surface area contributed by atoms with Crippen LogP contribution in [-0.4, -0.2) is 30.7 Å². The maximum absolute atomic E-state index is 11.9. The zero-order chi connectivity index (χ0) is 16.8. The van der Waals surface area contributed by atoms with Gasteiger partial charge in [-0.05, 0) is 57.1 Å². The number of pyridine rings is 1. The summed E-state index contributed by atoms with van der Waals surface area (Å²) in [6.45, 7) is 1.85. The van der Waals surface area contributed by atoms with E-state index in [1.165, 1.54) is 5.56 Å². The van der Waals surface area contributed by atoms with Gasteiger partial charge in [0.15, 0.2) is 0 Å². The smallest absolute Gasteiger partial charge is 0.253 e. The summed E-state index contributed by atoms with van der Waals surface area (Å²) in [7, 11) is 7.75. The first kappa shape index (κ1) is 15.8. The average molecular weight is 312 g/mol. The molecule has 1 saturated carbocycles. The third-order valence-corrected chi connectivity index (χ3v) is 4.98. The summed E-state index contributed by atoms with van der Waals surface area (Å²) in [6, 6.07) is 8.32. The lowest BCUT2D eigenvalue weighted by atomic mass is 9.97. The Morgan fingerprint density at radius 3 is 2.39 bits per heavy atom. The molecule has 0 unspecified atom stereocenters. The first-order valence-corrected chi connectivity index (χ1v) is 7.92. The third kappa shape index (κ3) is 2.57. The topological polar surface area (TPSA) is 34.5 Å². The van der Waals surface area contributed by atoms with E-state index >= 15 is 0 Å². The Morgan fingerprint density at radius 1 is 1.17 bits per heavy atom. The van der Waals surface area contributed by atoms with Crippen LogP contribution in [0.4, 0.5) is 0 Å². The van der Waals surface area contributed by atoms with Crippen LogP contribution in [0.25, 0.3) is 11.1 Å². The van der Waals surface area contributed by atoms with Crippen LogP contribution in [0.15, 0.2) is 35.3 Å². The lowest BCUT2D eigenvalue weighted by molar-refractivity contribution is 0.266. The number of aromatic nitrogens is 1. The molecule has 4 heteroatoms. The standard InChI is InChI=1S/C19H24N2O2/c1-13-10-15(12-21(4)18(13)22)14-6-7-16(17(11-14)23-5)19(8-9-19)20(2)3/h6-7,10-12H,8-9H2,1-5H3. The van der Waals surface area contributed by atoms with Crippen LogP contribution in [0, 0.1) is 6.92 Å². The number of hydrogen-bond donors (Lipinski definition) is 0. The Bertz CT molecular complexity index is 775. The van der Waals surface area contributed by atoms with Crippen molar-refractivity contribution in [1.29, 1.82) is 0 Å². The Kier molecular flexibility index (Phi) is 3.80. The highest BCUT2D eigenvalue weighted by molar-refractivity contribution is 5.67. The van der Waals surface area contributed by atoms with Crippen LogP contribution in [0.2, 0.25) is 0 Å². The summed E-state index contributed by atoms with van der Waals surface area (Å²) < 4.78 is 7.31. The molecule has 1 heterocycles. The second kappa shape index (κ2) is 5.53. The van der Waals surface area contributed by atoms with Crippen molar-refractivity contribution in [2.24, 2.45) is 7.05 Å². The van der Waals surface area contributed by atoms with Gasteiger partial charge in [0, 0.05) is 29.9 Å². The molecule has 1 aromatic heterocycles. The van der Waals surface area contributed by atoms with Crippen LogP contribution < -0.4 is 10.3 Å². The molecule has 0 bridgehead atoms. The number of aryl methyl sites for hydroxylation is 2. The van der Waals surface area contributed by atoms with Gasteiger partial charge in [0.05, 0.1) is 7.11 Å². The second-order valence-corrected chi connectivity index (χ2v) is 6.67. The van der Waals surface area contributed by atoms with Crippen molar-refractivity contribution in [1.82, 2.24) is 9.47 Å². The fourth-order valence-corrected chi connectivity index (χ4v) is 3.37. The van der Waals surface area contributed by atoms with Gasteiger partial charge in [-0.1, -0.05) is 12.1 Å². The minimum absolute atomic E-state index is 0.0434. The van der Waals surface area contributed by atoms with E-state index < -0.39 is 0 Å². The molecule has 1 aromatic carbocycles. The van der Waals surface area contributed by atoms with E-state index in [1.807, 2.05) is 19.2 Å². The molecule has 23 heavy (non-hydrogen) atoms. The van der Waals surface area contributed by atoms with Gasteiger partial charge in [-0.3, -0.25) is 9.69 Å². The first-order valence-electron chi connectivity index (χ1n) is 7.92. The highest BCUT2D eigenvalue weighted by Crippen LogP contribution is 2.53. The molecule has 122 valence electrons. The van der Waals surface area contributed by atoms with Crippen molar-refractivity contribution in [3.05, 3.63) is 51.9 Å². The fraction of sp³-hybridized carbons (Fsp3) is 0.421. The maximum atomic E-state index is 11.9. The maximum Gasteiger partial charge on any atom is 0.253 e. The zero-order valence-electron chi connectivity index (χ0n) is 14.5. The number of nitrogens with zero attached hydrogens (tertiary/aromatic N) is 2. The van der Waals surface area contributed by atoms with Crippen LogP contribution in [0.5, 0.6) is 5.75 Å². The number of rotatable bonds is 4. The highest BCUT2D eigenvalue weighted by Gasteiger charge is 2.48. The molecular weight excluding hydrogens is 288 g/mol. The van der Waals surface area contributed by atoms with Gasteiger partial charge in [0.25, 0.3) is 5.56 Å². The van der Waals surface area contributed by atoms with Crippen LogP contribution in [0.3, 0.4) is 0 Å². The Morgan fingerprint density at radius 2 is 1.87 bits per heavy atom. The Balaban J connectivity index is 2.08. The number of methoxy groups -OCH3 is 1. The Labute approximate surface area is 137 Å². The van der Waals surface area contributed by atoms with Crippen molar-refractivity contribution in [2.75, 3.05) is 21.2 Å². The number of benzene rings is 1. The summed E-state index contributed by atoms with van der Waals surface area (Å²) in [5, 5.41) is 0. The molecule has 2 aromatic rings. The molecule has 0 aliphatic heterocycles. The zero-order valence-corrected chi connectivity index (χ0v) is 14.5. The molecule has 0 saturated heterocycles. The predicted molar refractivity (Wildman–Crippen MR) is 93.0 cm³/mol. The van der Waals surface area contributed by atoms with Gasteiger partial charge in [-0.25, -0.2) is 0 Å². The minimum Gasteiger partial charge on any atom is -0.496 e. The summed E-state index contributed by atoms with van der Waals surface area (Å²) in [4.78, 5) is 14.2. The largest absolute Gasteiger partial charge is 0.496 e. The first-order chi connectivity index (χ1) is 10.9. The summed E-state index contributed by atoms with van der Waals surface area (Å²) in [5.74, 6) is 0.917. The molecular formula is C19H24N2O2. The van der Waals surface area contributed by atoms with Crippen molar-refractivity contribution >= 4 is 0 Å². The highest BCUT2D eigenvalue weighted by atomic mass is 16.5. The molecule has 0 atom stereocenters. The van der Waals surface area contributed by atoms with Crippen molar-refractivity contribution in [3.8, 4) is 16.9 Å². The predicted octanol–water partition coefficient (Wildman–Crippen LogP) is 2.92.